The molecule has 5 nitrogen and oxygen atoms in total. The van der Waals surface area contributed by atoms with Gasteiger partial charge in [-0.25, -0.2) is 0 Å². The van der Waals surface area contributed by atoms with Crippen LogP contribution in [0.5, 0.6) is 17.2 Å². The Labute approximate surface area is 175 Å². The first-order valence-electron chi connectivity index (χ1n) is 9.45. The lowest BCUT2D eigenvalue weighted by atomic mass is 9.74. The van der Waals surface area contributed by atoms with E-state index in [2.05, 4.69) is 45.5 Å². The van der Waals surface area contributed by atoms with Gasteiger partial charge < -0.3 is 24.3 Å². The highest BCUT2D eigenvalue weighted by atomic mass is 79.9. The van der Waals surface area contributed by atoms with E-state index in [1.54, 1.807) is 21.3 Å². The maximum atomic E-state index is 5.64. The van der Waals surface area contributed by atoms with Crippen molar-refractivity contribution in [1.29, 1.82) is 0 Å². The first-order chi connectivity index (χ1) is 13.6. The van der Waals surface area contributed by atoms with Crippen LogP contribution >= 0.6 is 15.9 Å². The molecule has 0 aromatic heterocycles. The van der Waals surface area contributed by atoms with E-state index in [4.69, 9.17) is 18.9 Å². The summed E-state index contributed by atoms with van der Waals surface area (Å²) in [6.07, 6.45) is 2.01. The molecule has 1 heterocycles. The van der Waals surface area contributed by atoms with Crippen molar-refractivity contribution in [3.8, 4) is 17.2 Å². The lowest BCUT2D eigenvalue weighted by molar-refractivity contribution is 0.0497. The van der Waals surface area contributed by atoms with Gasteiger partial charge in [0.15, 0.2) is 11.5 Å². The standard InChI is InChI=1S/C22H28BrNO4/c1-25-19-11-16(12-20(26-2)21(19)27-3)14-24-15-22(7-9-28-10-8-22)17-5-4-6-18(23)13-17/h4-6,11-13,24H,7-10,14-15H2,1-3H3. The Morgan fingerprint density at radius 1 is 1.00 bits per heavy atom. The van der Waals surface area contributed by atoms with E-state index in [0.717, 1.165) is 42.6 Å². The van der Waals surface area contributed by atoms with E-state index in [1.165, 1.54) is 5.56 Å². The van der Waals surface area contributed by atoms with Crippen molar-refractivity contribution < 1.29 is 18.9 Å². The second kappa shape index (κ2) is 9.63. The highest BCUT2D eigenvalue weighted by Gasteiger charge is 2.34. The maximum absolute atomic E-state index is 5.64. The van der Waals surface area contributed by atoms with Gasteiger partial charge in [0.2, 0.25) is 5.75 Å². The van der Waals surface area contributed by atoms with E-state index >= 15 is 0 Å². The van der Waals surface area contributed by atoms with E-state index in [0.29, 0.717) is 23.8 Å². The van der Waals surface area contributed by atoms with E-state index in [9.17, 15) is 0 Å². The van der Waals surface area contributed by atoms with Crippen LogP contribution in [0, 0.1) is 0 Å². The second-order valence-corrected chi connectivity index (χ2v) is 7.96. The van der Waals surface area contributed by atoms with Crippen molar-refractivity contribution in [2.75, 3.05) is 41.1 Å². The molecule has 0 unspecified atom stereocenters. The Balaban J connectivity index is 1.76. The number of rotatable bonds is 8. The summed E-state index contributed by atoms with van der Waals surface area (Å²) in [5, 5.41) is 3.65. The predicted octanol–water partition coefficient (Wildman–Crippen LogP) is 4.31. The van der Waals surface area contributed by atoms with Crippen LogP contribution in [-0.4, -0.2) is 41.1 Å². The molecule has 1 fully saturated rings. The van der Waals surface area contributed by atoms with Gasteiger partial charge in [0, 0.05) is 36.2 Å². The third kappa shape index (κ3) is 4.62. The van der Waals surface area contributed by atoms with E-state index < -0.39 is 0 Å². The molecular weight excluding hydrogens is 422 g/mol. The fraction of sp³-hybridized carbons (Fsp3) is 0.455. The van der Waals surface area contributed by atoms with E-state index in [-0.39, 0.29) is 5.41 Å². The Bertz CT molecular complexity index is 765. The van der Waals surface area contributed by atoms with Gasteiger partial charge in [-0.15, -0.1) is 0 Å². The monoisotopic (exact) mass is 449 g/mol. The summed E-state index contributed by atoms with van der Waals surface area (Å²) in [5.74, 6) is 1.96. The van der Waals surface area contributed by atoms with Gasteiger partial charge >= 0.3 is 0 Å². The molecule has 2 aromatic rings. The van der Waals surface area contributed by atoms with Crippen molar-refractivity contribution in [1.82, 2.24) is 5.32 Å². The molecule has 1 aliphatic rings. The first kappa shape index (κ1) is 21.0. The highest BCUT2D eigenvalue weighted by molar-refractivity contribution is 9.10. The van der Waals surface area contributed by atoms with Crippen molar-refractivity contribution >= 4 is 15.9 Å². The van der Waals surface area contributed by atoms with Gasteiger partial charge in [-0.2, -0.15) is 0 Å². The number of ether oxygens (including phenoxy) is 4. The lowest BCUT2D eigenvalue weighted by Gasteiger charge is -2.38. The summed E-state index contributed by atoms with van der Waals surface area (Å²) in [4.78, 5) is 0. The average Bonchev–Trinajstić information content (AvgIpc) is 2.73. The summed E-state index contributed by atoms with van der Waals surface area (Å²) in [7, 11) is 4.89. The maximum Gasteiger partial charge on any atom is 0.203 e. The van der Waals surface area contributed by atoms with Crippen molar-refractivity contribution in [2.24, 2.45) is 0 Å². The highest BCUT2D eigenvalue weighted by Crippen LogP contribution is 2.39. The largest absolute Gasteiger partial charge is 0.493 e. The van der Waals surface area contributed by atoms with Crippen LogP contribution in [-0.2, 0) is 16.7 Å². The third-order valence-corrected chi connectivity index (χ3v) is 5.90. The topological polar surface area (TPSA) is 49.0 Å². The smallest absolute Gasteiger partial charge is 0.203 e. The summed E-state index contributed by atoms with van der Waals surface area (Å²) < 4.78 is 23.1. The molecule has 152 valence electrons. The second-order valence-electron chi connectivity index (χ2n) is 7.04. The molecule has 3 rings (SSSR count). The molecule has 1 saturated heterocycles. The molecule has 0 aliphatic carbocycles. The predicted molar refractivity (Wildman–Crippen MR) is 114 cm³/mol. The minimum atomic E-state index is 0.0721. The molecule has 0 amide bonds. The van der Waals surface area contributed by atoms with Crippen LogP contribution in [0.15, 0.2) is 40.9 Å². The van der Waals surface area contributed by atoms with Crippen LogP contribution in [0.25, 0.3) is 0 Å². The molecule has 28 heavy (non-hydrogen) atoms. The Morgan fingerprint density at radius 3 is 2.25 bits per heavy atom. The van der Waals surface area contributed by atoms with Crippen LogP contribution < -0.4 is 19.5 Å². The van der Waals surface area contributed by atoms with Gasteiger partial charge in [-0.3, -0.25) is 0 Å². The fourth-order valence-electron chi connectivity index (χ4n) is 3.83. The van der Waals surface area contributed by atoms with Crippen LogP contribution in [0.3, 0.4) is 0 Å². The Morgan fingerprint density at radius 2 is 1.68 bits per heavy atom. The molecule has 6 heteroatoms. The average molecular weight is 450 g/mol. The molecule has 2 aromatic carbocycles. The summed E-state index contributed by atoms with van der Waals surface area (Å²) >= 11 is 3.61. The third-order valence-electron chi connectivity index (χ3n) is 5.40. The van der Waals surface area contributed by atoms with Crippen LogP contribution in [0.1, 0.15) is 24.0 Å². The van der Waals surface area contributed by atoms with Gasteiger partial charge in [0.25, 0.3) is 0 Å². The molecule has 1 aliphatic heterocycles. The molecule has 0 spiro atoms. The zero-order valence-corrected chi connectivity index (χ0v) is 18.3. The quantitative estimate of drug-likeness (QED) is 0.650. The number of methoxy groups -OCH3 is 3. The molecule has 0 bridgehead atoms. The minimum Gasteiger partial charge on any atom is -0.493 e. The Hall–Kier alpha value is -1.76. The number of hydrogen-bond acceptors (Lipinski definition) is 5. The summed E-state index contributed by atoms with van der Waals surface area (Å²) in [6.45, 7) is 3.17. The molecular formula is C22H28BrNO4. The number of hydrogen-bond donors (Lipinski definition) is 1. The number of halogens is 1. The minimum absolute atomic E-state index is 0.0721. The number of nitrogens with one attached hydrogen (secondary N) is 1. The lowest BCUT2D eigenvalue weighted by Crippen LogP contribution is -2.42. The zero-order chi connectivity index (χ0) is 20.0. The van der Waals surface area contributed by atoms with Crippen molar-refractivity contribution in [3.63, 3.8) is 0 Å². The SMILES string of the molecule is COc1cc(CNCC2(c3cccc(Br)c3)CCOCC2)cc(OC)c1OC. The van der Waals surface area contributed by atoms with Gasteiger partial charge in [0.05, 0.1) is 21.3 Å². The van der Waals surface area contributed by atoms with Gasteiger partial charge in [-0.1, -0.05) is 28.1 Å². The molecule has 0 atom stereocenters. The zero-order valence-electron chi connectivity index (χ0n) is 16.7. The van der Waals surface area contributed by atoms with Gasteiger partial charge in [-0.05, 0) is 48.2 Å². The Kier molecular flexibility index (Phi) is 7.21. The molecule has 0 radical (unpaired) electrons. The van der Waals surface area contributed by atoms with Crippen LogP contribution in [0.4, 0.5) is 0 Å². The molecule has 1 N–H and O–H groups in total. The van der Waals surface area contributed by atoms with Crippen molar-refractivity contribution in [3.05, 3.63) is 52.0 Å². The molecule has 0 saturated carbocycles. The number of benzene rings is 2. The van der Waals surface area contributed by atoms with Crippen LogP contribution in [0.2, 0.25) is 0 Å². The van der Waals surface area contributed by atoms with E-state index in [1.807, 2.05) is 12.1 Å². The first-order valence-corrected chi connectivity index (χ1v) is 10.2. The van der Waals surface area contributed by atoms with Gasteiger partial charge in [0.1, 0.15) is 0 Å². The summed E-state index contributed by atoms with van der Waals surface area (Å²) in [5.41, 5.74) is 2.51. The summed E-state index contributed by atoms with van der Waals surface area (Å²) in [6, 6.07) is 12.6. The van der Waals surface area contributed by atoms with Crippen molar-refractivity contribution in [2.45, 2.75) is 24.8 Å². The fourth-order valence-corrected chi connectivity index (χ4v) is 4.23. The normalized spacial score (nSPS) is 15.9.